The first-order valence-corrected chi connectivity index (χ1v) is 8.52. The van der Waals surface area contributed by atoms with E-state index in [1.165, 1.54) is 24.3 Å². The quantitative estimate of drug-likeness (QED) is 0.445. The molecule has 0 saturated carbocycles. The zero-order valence-electron chi connectivity index (χ0n) is 14.5. The molecule has 0 bridgehead atoms. The normalized spacial score (nSPS) is 12.5. The zero-order chi connectivity index (χ0) is 20.1. The van der Waals surface area contributed by atoms with Crippen LogP contribution >= 0.6 is 11.6 Å². The lowest BCUT2D eigenvalue weighted by atomic mass is 10.1. The SMILES string of the molecule is O=C(CNC(=O)c1ccc(Cl)cc1)OCc1cc([N+](=O)[O-])cc2c1OCOC2. The number of amides is 1. The Bertz CT molecular complexity index is 915. The van der Waals surface area contributed by atoms with Crippen molar-refractivity contribution in [2.24, 2.45) is 0 Å². The third-order valence-corrected chi connectivity index (χ3v) is 4.12. The van der Waals surface area contributed by atoms with E-state index in [2.05, 4.69) is 5.32 Å². The third-order valence-electron chi connectivity index (χ3n) is 3.87. The number of esters is 1. The molecule has 9 nitrogen and oxygen atoms in total. The van der Waals surface area contributed by atoms with Crippen LogP contribution in [-0.2, 0) is 27.5 Å². The summed E-state index contributed by atoms with van der Waals surface area (Å²) in [5.74, 6) is -0.758. The summed E-state index contributed by atoms with van der Waals surface area (Å²) in [5, 5.41) is 14.0. The van der Waals surface area contributed by atoms with E-state index in [1.54, 1.807) is 12.1 Å². The molecule has 1 N–H and O–H groups in total. The van der Waals surface area contributed by atoms with Gasteiger partial charge in [-0.2, -0.15) is 0 Å². The average molecular weight is 407 g/mol. The maximum Gasteiger partial charge on any atom is 0.325 e. The topological polar surface area (TPSA) is 117 Å². The highest BCUT2D eigenvalue weighted by atomic mass is 35.5. The summed E-state index contributed by atoms with van der Waals surface area (Å²) in [6.07, 6.45) is 0. The van der Waals surface area contributed by atoms with Crippen LogP contribution in [0.15, 0.2) is 36.4 Å². The molecule has 0 saturated heterocycles. The number of fused-ring (bicyclic) bond motifs is 1. The fraction of sp³-hybridized carbons (Fsp3) is 0.222. The summed E-state index contributed by atoms with van der Waals surface area (Å²) >= 11 is 5.76. The van der Waals surface area contributed by atoms with Crippen LogP contribution in [0.2, 0.25) is 5.02 Å². The molecule has 2 aromatic carbocycles. The molecule has 2 aromatic rings. The van der Waals surface area contributed by atoms with Crippen molar-refractivity contribution in [3.63, 3.8) is 0 Å². The number of non-ortho nitro benzene ring substituents is 1. The smallest absolute Gasteiger partial charge is 0.325 e. The van der Waals surface area contributed by atoms with Gasteiger partial charge in [-0.15, -0.1) is 0 Å². The fourth-order valence-electron chi connectivity index (χ4n) is 2.56. The minimum Gasteiger partial charge on any atom is -0.467 e. The van der Waals surface area contributed by atoms with Crippen LogP contribution in [-0.4, -0.2) is 30.1 Å². The zero-order valence-corrected chi connectivity index (χ0v) is 15.2. The van der Waals surface area contributed by atoms with Gasteiger partial charge in [0.2, 0.25) is 0 Å². The first-order valence-electron chi connectivity index (χ1n) is 8.14. The van der Waals surface area contributed by atoms with Crippen LogP contribution in [0.5, 0.6) is 5.75 Å². The summed E-state index contributed by atoms with van der Waals surface area (Å²) in [4.78, 5) is 34.4. The molecule has 3 rings (SSSR count). The molecule has 0 unspecified atom stereocenters. The lowest BCUT2D eigenvalue weighted by molar-refractivity contribution is -0.385. The van der Waals surface area contributed by atoms with Crippen LogP contribution in [0.25, 0.3) is 0 Å². The number of rotatable bonds is 6. The largest absolute Gasteiger partial charge is 0.467 e. The highest BCUT2D eigenvalue weighted by Gasteiger charge is 2.22. The van der Waals surface area contributed by atoms with Crippen LogP contribution in [0.4, 0.5) is 5.69 Å². The molecule has 0 aromatic heterocycles. The van der Waals surface area contributed by atoms with Gasteiger partial charge in [-0.1, -0.05) is 11.6 Å². The van der Waals surface area contributed by atoms with Crippen LogP contribution in [0.1, 0.15) is 21.5 Å². The highest BCUT2D eigenvalue weighted by molar-refractivity contribution is 6.30. The number of hydrogen-bond donors (Lipinski definition) is 1. The molecule has 0 fully saturated rings. The van der Waals surface area contributed by atoms with E-state index in [-0.39, 0.29) is 32.2 Å². The minimum atomic E-state index is -0.699. The van der Waals surface area contributed by atoms with Crippen molar-refractivity contribution < 1.29 is 28.7 Å². The molecule has 146 valence electrons. The molecule has 0 spiro atoms. The highest BCUT2D eigenvalue weighted by Crippen LogP contribution is 2.33. The Morgan fingerprint density at radius 1 is 1.25 bits per heavy atom. The molecular weight excluding hydrogens is 392 g/mol. The van der Waals surface area contributed by atoms with Gasteiger partial charge < -0.3 is 19.5 Å². The monoisotopic (exact) mass is 406 g/mol. The standard InChI is InChI=1S/C18H15ClN2O7/c19-14-3-1-11(2-4-14)18(23)20-7-16(22)27-9-13-6-15(21(24)25)5-12-8-26-10-28-17(12)13/h1-6H,7-10H2,(H,20,23). The van der Waals surface area contributed by atoms with Gasteiger partial charge in [-0.3, -0.25) is 19.7 Å². The van der Waals surface area contributed by atoms with Crippen molar-refractivity contribution in [1.29, 1.82) is 0 Å². The first-order chi connectivity index (χ1) is 13.4. The number of ether oxygens (including phenoxy) is 3. The van der Waals surface area contributed by atoms with Crippen molar-refractivity contribution in [1.82, 2.24) is 5.32 Å². The molecule has 1 aliphatic heterocycles. The van der Waals surface area contributed by atoms with Crippen LogP contribution in [0, 0.1) is 10.1 Å². The van der Waals surface area contributed by atoms with Crippen molar-refractivity contribution >= 4 is 29.2 Å². The summed E-state index contributed by atoms with van der Waals surface area (Å²) < 4.78 is 15.6. The maximum atomic E-state index is 12.0. The van der Waals surface area contributed by atoms with E-state index in [4.69, 9.17) is 25.8 Å². The number of hydrogen-bond acceptors (Lipinski definition) is 7. The summed E-state index contributed by atoms with van der Waals surface area (Å²) in [6, 6.07) is 8.80. The second-order valence-electron chi connectivity index (χ2n) is 5.81. The lowest BCUT2D eigenvalue weighted by Crippen LogP contribution is -2.30. The number of benzene rings is 2. The molecule has 0 aliphatic carbocycles. The molecular formula is C18H15ClN2O7. The molecule has 10 heteroatoms. The van der Waals surface area contributed by atoms with E-state index in [1.807, 2.05) is 0 Å². The van der Waals surface area contributed by atoms with Crippen molar-refractivity contribution in [3.8, 4) is 5.75 Å². The average Bonchev–Trinajstić information content (AvgIpc) is 2.70. The number of halogens is 1. The van der Waals surface area contributed by atoms with Crippen molar-refractivity contribution in [2.75, 3.05) is 13.3 Å². The Balaban J connectivity index is 1.59. The van der Waals surface area contributed by atoms with Crippen LogP contribution < -0.4 is 10.1 Å². The number of nitro groups is 1. The number of nitrogens with zero attached hydrogens (tertiary/aromatic N) is 1. The maximum absolute atomic E-state index is 12.0. The lowest BCUT2D eigenvalue weighted by Gasteiger charge is -2.20. The fourth-order valence-corrected chi connectivity index (χ4v) is 2.68. The number of carbonyl (C=O) groups excluding carboxylic acids is 2. The summed E-state index contributed by atoms with van der Waals surface area (Å²) in [7, 11) is 0. The Hall–Kier alpha value is -3.17. The molecule has 1 amide bonds. The van der Waals surface area contributed by atoms with Gasteiger partial charge in [0.25, 0.3) is 11.6 Å². The number of nitrogens with one attached hydrogen (secondary N) is 1. The van der Waals surface area contributed by atoms with Gasteiger partial charge in [0.1, 0.15) is 18.9 Å². The van der Waals surface area contributed by atoms with E-state index < -0.39 is 16.8 Å². The van der Waals surface area contributed by atoms with Gasteiger partial charge in [-0.25, -0.2) is 0 Å². The van der Waals surface area contributed by atoms with Gasteiger partial charge in [0.15, 0.2) is 6.79 Å². The van der Waals surface area contributed by atoms with Crippen molar-refractivity contribution in [3.05, 3.63) is 68.2 Å². The van der Waals surface area contributed by atoms with Gasteiger partial charge >= 0.3 is 5.97 Å². The van der Waals surface area contributed by atoms with Gasteiger partial charge in [0, 0.05) is 33.8 Å². The van der Waals surface area contributed by atoms with E-state index in [9.17, 15) is 19.7 Å². The van der Waals surface area contributed by atoms with Crippen LogP contribution in [0.3, 0.4) is 0 Å². The molecule has 1 heterocycles. The Morgan fingerprint density at radius 2 is 2.00 bits per heavy atom. The number of nitro benzene ring substituents is 1. The Labute approximate surface area is 164 Å². The van der Waals surface area contributed by atoms with E-state index >= 15 is 0 Å². The predicted octanol–water partition coefficient (Wildman–Crippen LogP) is 2.59. The van der Waals surface area contributed by atoms with Gasteiger partial charge in [0.05, 0.1) is 11.5 Å². The van der Waals surface area contributed by atoms with Gasteiger partial charge in [-0.05, 0) is 24.3 Å². The number of carbonyl (C=O) groups is 2. The molecule has 0 radical (unpaired) electrons. The molecule has 1 aliphatic rings. The summed E-state index contributed by atoms with van der Waals surface area (Å²) in [5.41, 5.74) is 1.04. The van der Waals surface area contributed by atoms with E-state index in [0.29, 0.717) is 27.5 Å². The Morgan fingerprint density at radius 3 is 2.71 bits per heavy atom. The minimum absolute atomic E-state index is 0.00288. The van der Waals surface area contributed by atoms with Crippen molar-refractivity contribution in [2.45, 2.75) is 13.2 Å². The third kappa shape index (κ3) is 4.76. The second-order valence-corrected chi connectivity index (χ2v) is 6.25. The second kappa shape index (κ2) is 8.68. The summed E-state index contributed by atoms with van der Waals surface area (Å²) in [6.45, 7) is -0.430. The Kier molecular flexibility index (Phi) is 6.07. The predicted molar refractivity (Wildman–Crippen MR) is 97.0 cm³/mol. The molecule has 0 atom stereocenters. The first kappa shape index (κ1) is 19.6. The molecule has 28 heavy (non-hydrogen) atoms. The van der Waals surface area contributed by atoms with E-state index in [0.717, 1.165) is 0 Å².